The summed E-state index contributed by atoms with van der Waals surface area (Å²) in [6.07, 6.45) is 3.58. The van der Waals surface area contributed by atoms with Gasteiger partial charge < -0.3 is 0 Å². The average Bonchev–Trinajstić information content (AvgIpc) is 2.48. The Hall–Kier alpha value is -1.16. The molecule has 3 nitrogen and oxygen atoms in total. The third-order valence-electron chi connectivity index (χ3n) is 4.03. The van der Waals surface area contributed by atoms with E-state index in [0.717, 1.165) is 35.6 Å². The maximum atomic E-state index is 11.8. The van der Waals surface area contributed by atoms with Crippen molar-refractivity contribution in [1.29, 1.82) is 0 Å². The van der Waals surface area contributed by atoms with Crippen LogP contribution in [0.1, 0.15) is 26.7 Å². The molecule has 102 valence electrons. The van der Waals surface area contributed by atoms with E-state index in [1.807, 2.05) is 28.9 Å². The quantitative estimate of drug-likeness (QED) is 0.788. The van der Waals surface area contributed by atoms with Gasteiger partial charge in [0.25, 0.3) is 0 Å². The second-order valence-electron chi connectivity index (χ2n) is 5.02. The third kappa shape index (κ3) is 2.73. The zero-order valence-corrected chi connectivity index (χ0v) is 13.0. The van der Waals surface area contributed by atoms with Crippen LogP contribution in [-0.2, 0) is 6.54 Å². The Morgan fingerprint density at radius 1 is 1.26 bits per heavy atom. The van der Waals surface area contributed by atoms with Crippen LogP contribution in [0.3, 0.4) is 0 Å². The van der Waals surface area contributed by atoms with Crippen molar-refractivity contribution in [2.75, 3.05) is 5.33 Å². The summed E-state index contributed by atoms with van der Waals surface area (Å²) in [5, 5.41) is 6.00. The van der Waals surface area contributed by atoms with E-state index in [-0.39, 0.29) is 10.8 Å². The molecule has 0 N–H and O–H groups in total. The summed E-state index contributed by atoms with van der Waals surface area (Å²) in [4.78, 5) is 11.8. The Morgan fingerprint density at radius 2 is 1.95 bits per heavy atom. The van der Waals surface area contributed by atoms with Gasteiger partial charge in [-0.05, 0) is 30.4 Å². The first kappa shape index (κ1) is 14.3. The van der Waals surface area contributed by atoms with Crippen LogP contribution in [0.15, 0.2) is 35.3 Å². The topological polar surface area (TPSA) is 34.9 Å². The third-order valence-corrected chi connectivity index (χ3v) is 5.22. The molecule has 0 aliphatic rings. The van der Waals surface area contributed by atoms with E-state index < -0.39 is 0 Å². The number of alkyl halides is 1. The van der Waals surface area contributed by atoms with Gasteiger partial charge in [0.15, 0.2) is 0 Å². The first-order valence-electron chi connectivity index (χ1n) is 6.66. The molecule has 0 spiro atoms. The molecule has 2 rings (SSSR count). The highest BCUT2D eigenvalue weighted by Crippen LogP contribution is 2.31. The first-order valence-corrected chi connectivity index (χ1v) is 7.79. The monoisotopic (exact) mass is 322 g/mol. The van der Waals surface area contributed by atoms with Gasteiger partial charge in [0, 0.05) is 17.3 Å². The van der Waals surface area contributed by atoms with Gasteiger partial charge in [-0.3, -0.25) is 9.48 Å². The minimum atomic E-state index is -0.00992. The van der Waals surface area contributed by atoms with Crippen LogP contribution in [0.5, 0.6) is 0 Å². The molecule has 0 radical (unpaired) electrons. The van der Waals surface area contributed by atoms with Gasteiger partial charge in [-0.25, -0.2) is 0 Å². The lowest BCUT2D eigenvalue weighted by molar-refractivity contribution is 0.250. The molecule has 4 heteroatoms. The van der Waals surface area contributed by atoms with E-state index in [9.17, 15) is 4.79 Å². The zero-order chi connectivity index (χ0) is 13.9. The van der Waals surface area contributed by atoms with Gasteiger partial charge >= 0.3 is 0 Å². The van der Waals surface area contributed by atoms with Crippen LogP contribution in [0.25, 0.3) is 10.9 Å². The van der Waals surface area contributed by atoms with E-state index in [0.29, 0.717) is 0 Å². The molecule has 0 amide bonds. The fraction of sp³-hybridized carbons (Fsp3) is 0.467. The molecule has 0 saturated carbocycles. The van der Waals surface area contributed by atoms with E-state index in [1.54, 1.807) is 0 Å². The van der Waals surface area contributed by atoms with Crippen molar-refractivity contribution in [3.05, 3.63) is 40.7 Å². The highest BCUT2D eigenvalue weighted by atomic mass is 79.9. The van der Waals surface area contributed by atoms with Gasteiger partial charge in [-0.15, -0.1) is 0 Å². The Labute approximate surface area is 121 Å². The Bertz CT molecular complexity index is 609. The van der Waals surface area contributed by atoms with Crippen molar-refractivity contribution in [2.45, 2.75) is 33.2 Å². The largest absolute Gasteiger partial charge is 0.287 e. The van der Waals surface area contributed by atoms with Gasteiger partial charge in [0.1, 0.15) is 0 Å². The lowest BCUT2D eigenvalue weighted by atomic mass is 9.84. The van der Waals surface area contributed by atoms with Crippen LogP contribution in [0.4, 0.5) is 0 Å². The molecule has 1 heterocycles. The summed E-state index contributed by atoms with van der Waals surface area (Å²) < 4.78 is 1.96. The highest BCUT2D eigenvalue weighted by molar-refractivity contribution is 9.09. The first-order chi connectivity index (χ1) is 9.15. The fourth-order valence-corrected chi connectivity index (χ4v) is 3.28. The van der Waals surface area contributed by atoms with Gasteiger partial charge in [0.2, 0.25) is 5.43 Å². The summed E-state index contributed by atoms with van der Waals surface area (Å²) in [7, 11) is 0. The molecule has 1 aromatic heterocycles. The number of aromatic nitrogens is 2. The van der Waals surface area contributed by atoms with Crippen LogP contribution in [0.2, 0.25) is 0 Å². The van der Waals surface area contributed by atoms with Crippen molar-refractivity contribution < 1.29 is 0 Å². The lowest BCUT2D eigenvalue weighted by Gasteiger charge is -2.30. The zero-order valence-electron chi connectivity index (χ0n) is 11.4. The molecule has 0 aliphatic heterocycles. The summed E-state index contributed by atoms with van der Waals surface area (Å²) in [6, 6.07) is 7.68. The molecule has 1 aromatic carbocycles. The van der Waals surface area contributed by atoms with Crippen molar-refractivity contribution >= 4 is 26.8 Å². The number of hydrogen-bond donors (Lipinski definition) is 0. The predicted octanol–water partition coefficient (Wildman–Crippen LogP) is 3.60. The minimum absolute atomic E-state index is 0.00992. The highest BCUT2D eigenvalue weighted by Gasteiger charge is 2.26. The molecule has 2 aromatic rings. The number of rotatable bonds is 5. The molecule has 0 atom stereocenters. The second-order valence-corrected chi connectivity index (χ2v) is 5.59. The maximum Gasteiger partial charge on any atom is 0.207 e. The van der Waals surface area contributed by atoms with Crippen LogP contribution in [-0.4, -0.2) is 15.1 Å². The summed E-state index contributed by atoms with van der Waals surface area (Å²) >= 11 is 3.63. The SMILES string of the molecule is CCC(CC)(CBr)Cn1ncc(=O)c2ccccc21. The van der Waals surface area contributed by atoms with E-state index in [2.05, 4.69) is 34.9 Å². The molecule has 0 saturated heterocycles. The van der Waals surface area contributed by atoms with Gasteiger partial charge in [0.05, 0.1) is 11.7 Å². The standard InChI is InChI=1S/C15H19BrN2O/c1-3-15(4-2,10-16)11-18-13-8-6-5-7-12(13)14(19)9-17-18/h5-9H,3-4,10-11H2,1-2H3. The number of halogens is 1. The van der Waals surface area contributed by atoms with Crippen molar-refractivity contribution in [3.63, 3.8) is 0 Å². The molecular weight excluding hydrogens is 304 g/mol. The minimum Gasteiger partial charge on any atom is -0.287 e. The van der Waals surface area contributed by atoms with E-state index in [4.69, 9.17) is 0 Å². The number of nitrogens with zero attached hydrogens (tertiary/aromatic N) is 2. The smallest absolute Gasteiger partial charge is 0.207 e. The Balaban J connectivity index is 2.52. The van der Waals surface area contributed by atoms with Crippen molar-refractivity contribution in [3.8, 4) is 0 Å². The molecule has 0 aliphatic carbocycles. The molecule has 0 unspecified atom stereocenters. The van der Waals surface area contributed by atoms with Crippen LogP contribution < -0.4 is 5.43 Å². The Kier molecular flexibility index (Phi) is 4.40. The average molecular weight is 323 g/mol. The Morgan fingerprint density at radius 3 is 2.58 bits per heavy atom. The molecule has 0 fully saturated rings. The summed E-state index contributed by atoms with van der Waals surface area (Å²) in [5.41, 5.74) is 1.09. The van der Waals surface area contributed by atoms with E-state index in [1.165, 1.54) is 6.20 Å². The maximum absolute atomic E-state index is 11.8. The number of fused-ring (bicyclic) bond motifs is 1. The fourth-order valence-electron chi connectivity index (χ4n) is 2.31. The predicted molar refractivity (Wildman–Crippen MR) is 82.8 cm³/mol. The molecular formula is C15H19BrN2O. The number of benzene rings is 1. The van der Waals surface area contributed by atoms with Crippen LogP contribution in [0, 0.1) is 5.41 Å². The summed E-state index contributed by atoms with van der Waals surface area (Å²) in [6.45, 7) is 5.23. The normalized spacial score (nSPS) is 11.9. The van der Waals surface area contributed by atoms with Gasteiger partial charge in [-0.2, -0.15) is 5.10 Å². The van der Waals surface area contributed by atoms with Crippen molar-refractivity contribution in [2.24, 2.45) is 5.41 Å². The lowest BCUT2D eigenvalue weighted by Crippen LogP contribution is -2.29. The van der Waals surface area contributed by atoms with Crippen molar-refractivity contribution in [1.82, 2.24) is 9.78 Å². The number of para-hydroxylation sites is 1. The second kappa shape index (κ2) is 5.87. The summed E-state index contributed by atoms with van der Waals surface area (Å²) in [5.74, 6) is 0. The van der Waals surface area contributed by atoms with E-state index >= 15 is 0 Å². The van der Waals surface area contributed by atoms with Gasteiger partial charge in [-0.1, -0.05) is 41.9 Å². The van der Waals surface area contributed by atoms with Crippen LogP contribution >= 0.6 is 15.9 Å². The number of hydrogen-bond acceptors (Lipinski definition) is 2. The molecule has 19 heavy (non-hydrogen) atoms. The molecule has 0 bridgehead atoms.